The van der Waals surface area contributed by atoms with E-state index in [9.17, 15) is 13.6 Å². The number of rotatable bonds is 5. The van der Waals surface area contributed by atoms with E-state index >= 15 is 0 Å². The highest BCUT2D eigenvalue weighted by atomic mass is 19.2. The van der Waals surface area contributed by atoms with E-state index in [1.165, 1.54) is 18.3 Å². The van der Waals surface area contributed by atoms with Crippen LogP contribution in [0.4, 0.5) is 31.7 Å². The lowest BCUT2D eigenvalue weighted by Gasteiger charge is -2.13. The summed E-state index contributed by atoms with van der Waals surface area (Å²) in [6, 6.07) is 14.0. The molecule has 0 saturated carbocycles. The average molecular weight is 368 g/mol. The zero-order valence-corrected chi connectivity index (χ0v) is 14.8. The Morgan fingerprint density at radius 3 is 2.30 bits per heavy atom. The van der Waals surface area contributed by atoms with E-state index in [2.05, 4.69) is 15.6 Å². The van der Waals surface area contributed by atoms with Crippen LogP contribution in [0.3, 0.4) is 0 Å². The molecule has 1 aromatic heterocycles. The summed E-state index contributed by atoms with van der Waals surface area (Å²) < 4.78 is 26.3. The highest BCUT2D eigenvalue weighted by Gasteiger charge is 2.09. The summed E-state index contributed by atoms with van der Waals surface area (Å²) in [5, 5.41) is 5.66. The molecule has 1 amide bonds. The maximum absolute atomic E-state index is 13.3. The Hall–Kier alpha value is -3.48. The van der Waals surface area contributed by atoms with Crippen LogP contribution in [0, 0.1) is 11.6 Å². The van der Waals surface area contributed by atoms with Crippen LogP contribution in [-0.4, -0.2) is 25.0 Å². The zero-order chi connectivity index (χ0) is 19.4. The summed E-state index contributed by atoms with van der Waals surface area (Å²) in [5.41, 5.74) is 2.40. The predicted octanol–water partition coefficient (Wildman–Crippen LogP) is 4.42. The predicted molar refractivity (Wildman–Crippen MR) is 103 cm³/mol. The van der Waals surface area contributed by atoms with Crippen molar-refractivity contribution < 1.29 is 13.6 Å². The Morgan fingerprint density at radius 2 is 1.63 bits per heavy atom. The van der Waals surface area contributed by atoms with Crippen LogP contribution < -0.4 is 15.5 Å². The van der Waals surface area contributed by atoms with Gasteiger partial charge in [0.2, 0.25) is 0 Å². The van der Waals surface area contributed by atoms with E-state index < -0.39 is 11.6 Å². The largest absolute Gasteiger partial charge is 0.378 e. The Balaban J connectivity index is 1.72. The molecule has 0 saturated heterocycles. The third kappa shape index (κ3) is 4.58. The van der Waals surface area contributed by atoms with Gasteiger partial charge in [-0.25, -0.2) is 13.8 Å². The quantitative estimate of drug-likeness (QED) is 0.700. The van der Waals surface area contributed by atoms with Gasteiger partial charge < -0.3 is 15.5 Å². The number of amides is 1. The number of halogens is 2. The summed E-state index contributed by atoms with van der Waals surface area (Å²) in [4.78, 5) is 18.5. The first kappa shape index (κ1) is 18.3. The van der Waals surface area contributed by atoms with Gasteiger partial charge in [-0.3, -0.25) is 4.79 Å². The second kappa shape index (κ2) is 7.82. The van der Waals surface area contributed by atoms with Crippen molar-refractivity contribution in [3.63, 3.8) is 0 Å². The molecule has 0 radical (unpaired) electrons. The standard InChI is InChI=1S/C20H18F2N4O/c1-26(2)16-6-3-14(4-7-16)25-20(27)13-9-10-23-19(11-13)24-15-5-8-17(21)18(22)12-15/h3-12H,1-2H3,(H,23,24)(H,25,27). The molecule has 5 nitrogen and oxygen atoms in total. The maximum Gasteiger partial charge on any atom is 0.255 e. The van der Waals surface area contributed by atoms with Crippen molar-refractivity contribution in [1.82, 2.24) is 4.98 Å². The number of anilines is 4. The number of carbonyl (C=O) groups is 1. The molecule has 0 aliphatic heterocycles. The van der Waals surface area contributed by atoms with E-state index in [0.717, 1.165) is 17.8 Å². The fourth-order valence-electron chi connectivity index (χ4n) is 2.41. The highest BCUT2D eigenvalue weighted by molar-refractivity contribution is 6.04. The molecule has 1 heterocycles. The second-order valence-corrected chi connectivity index (χ2v) is 6.08. The normalized spacial score (nSPS) is 10.4. The monoisotopic (exact) mass is 368 g/mol. The first-order valence-electron chi connectivity index (χ1n) is 8.19. The number of nitrogens with one attached hydrogen (secondary N) is 2. The molecule has 0 bridgehead atoms. The molecule has 0 aliphatic carbocycles. The van der Waals surface area contributed by atoms with E-state index in [4.69, 9.17) is 0 Å². The minimum atomic E-state index is -0.963. The lowest BCUT2D eigenvalue weighted by Crippen LogP contribution is -2.13. The Bertz CT molecular complexity index is 958. The SMILES string of the molecule is CN(C)c1ccc(NC(=O)c2ccnc(Nc3ccc(F)c(F)c3)c2)cc1. The molecule has 3 rings (SSSR count). The van der Waals surface area contributed by atoms with Crippen molar-refractivity contribution in [3.8, 4) is 0 Å². The van der Waals surface area contributed by atoms with Crippen molar-refractivity contribution in [2.45, 2.75) is 0 Å². The molecule has 3 aromatic rings. The molecule has 27 heavy (non-hydrogen) atoms. The van der Waals surface area contributed by atoms with Crippen LogP contribution in [0.2, 0.25) is 0 Å². The minimum Gasteiger partial charge on any atom is -0.378 e. The van der Waals surface area contributed by atoms with Crippen LogP contribution in [0.15, 0.2) is 60.8 Å². The molecular weight excluding hydrogens is 350 g/mol. The number of carbonyl (C=O) groups excluding carboxylic acids is 1. The van der Waals surface area contributed by atoms with E-state index in [1.807, 2.05) is 43.3 Å². The zero-order valence-electron chi connectivity index (χ0n) is 14.8. The third-order valence-electron chi connectivity index (χ3n) is 3.86. The van der Waals surface area contributed by atoms with E-state index in [-0.39, 0.29) is 5.91 Å². The van der Waals surface area contributed by atoms with Crippen molar-refractivity contribution in [2.24, 2.45) is 0 Å². The van der Waals surface area contributed by atoms with Crippen molar-refractivity contribution >= 4 is 28.8 Å². The molecule has 138 valence electrons. The van der Waals surface area contributed by atoms with Crippen LogP contribution in [0.25, 0.3) is 0 Å². The number of pyridine rings is 1. The van der Waals surface area contributed by atoms with Gasteiger partial charge in [-0.05, 0) is 48.5 Å². The lowest BCUT2D eigenvalue weighted by molar-refractivity contribution is 0.102. The van der Waals surface area contributed by atoms with Gasteiger partial charge in [0.1, 0.15) is 5.82 Å². The molecule has 0 spiro atoms. The number of aromatic nitrogens is 1. The smallest absolute Gasteiger partial charge is 0.255 e. The average Bonchev–Trinajstić information content (AvgIpc) is 2.65. The summed E-state index contributed by atoms with van der Waals surface area (Å²) in [6.07, 6.45) is 1.46. The second-order valence-electron chi connectivity index (χ2n) is 6.08. The van der Waals surface area contributed by atoms with Gasteiger partial charge in [0, 0.05) is 49.0 Å². The third-order valence-corrected chi connectivity index (χ3v) is 3.86. The van der Waals surface area contributed by atoms with Gasteiger partial charge in [0.15, 0.2) is 11.6 Å². The number of hydrogen-bond donors (Lipinski definition) is 2. The molecule has 0 atom stereocenters. The fraction of sp³-hybridized carbons (Fsp3) is 0.100. The molecular formula is C20H18F2N4O. The summed E-state index contributed by atoms with van der Waals surface area (Å²) in [7, 11) is 3.87. The first-order chi connectivity index (χ1) is 12.9. The van der Waals surface area contributed by atoms with Crippen LogP contribution in [0.5, 0.6) is 0 Å². The summed E-state index contributed by atoms with van der Waals surface area (Å²) >= 11 is 0. The fourth-order valence-corrected chi connectivity index (χ4v) is 2.41. The first-order valence-corrected chi connectivity index (χ1v) is 8.19. The molecule has 2 N–H and O–H groups in total. The molecule has 0 unspecified atom stereocenters. The molecule has 0 fully saturated rings. The van der Waals surface area contributed by atoms with E-state index in [1.54, 1.807) is 6.07 Å². The van der Waals surface area contributed by atoms with E-state index in [0.29, 0.717) is 22.8 Å². The Morgan fingerprint density at radius 1 is 0.926 bits per heavy atom. The van der Waals surface area contributed by atoms with Gasteiger partial charge in [-0.2, -0.15) is 0 Å². The number of nitrogens with zero attached hydrogens (tertiary/aromatic N) is 2. The van der Waals surface area contributed by atoms with Gasteiger partial charge in [-0.15, -0.1) is 0 Å². The molecule has 7 heteroatoms. The van der Waals surface area contributed by atoms with Gasteiger partial charge in [0.25, 0.3) is 5.91 Å². The Kier molecular flexibility index (Phi) is 5.30. The van der Waals surface area contributed by atoms with Crippen molar-refractivity contribution in [3.05, 3.63) is 78.0 Å². The maximum atomic E-state index is 13.3. The van der Waals surface area contributed by atoms with Crippen LogP contribution in [0.1, 0.15) is 10.4 Å². The number of benzene rings is 2. The van der Waals surface area contributed by atoms with Gasteiger partial charge in [0.05, 0.1) is 0 Å². The highest BCUT2D eigenvalue weighted by Crippen LogP contribution is 2.20. The van der Waals surface area contributed by atoms with Gasteiger partial charge >= 0.3 is 0 Å². The number of hydrogen-bond acceptors (Lipinski definition) is 4. The van der Waals surface area contributed by atoms with Crippen molar-refractivity contribution in [1.29, 1.82) is 0 Å². The minimum absolute atomic E-state index is 0.302. The molecule has 2 aromatic carbocycles. The Labute approximate surface area is 155 Å². The molecule has 0 aliphatic rings. The topological polar surface area (TPSA) is 57.3 Å². The van der Waals surface area contributed by atoms with Crippen LogP contribution in [-0.2, 0) is 0 Å². The van der Waals surface area contributed by atoms with Gasteiger partial charge in [-0.1, -0.05) is 0 Å². The van der Waals surface area contributed by atoms with Crippen LogP contribution >= 0.6 is 0 Å². The summed E-state index contributed by atoms with van der Waals surface area (Å²) in [6.45, 7) is 0. The summed E-state index contributed by atoms with van der Waals surface area (Å²) in [5.74, 6) is -1.85. The lowest BCUT2D eigenvalue weighted by atomic mass is 10.2. The van der Waals surface area contributed by atoms with Crippen molar-refractivity contribution in [2.75, 3.05) is 29.6 Å².